The van der Waals surface area contributed by atoms with E-state index in [2.05, 4.69) is 20.9 Å². The number of halogens is 2. The molecule has 1 N–H and O–H groups in total. The first-order valence-corrected chi connectivity index (χ1v) is 11.9. The average Bonchev–Trinajstić information content (AvgIpc) is 2.85. The van der Waals surface area contributed by atoms with Gasteiger partial charge in [-0.05, 0) is 23.3 Å². The molecule has 4 aromatic rings. The highest BCUT2D eigenvalue weighted by Crippen LogP contribution is 2.25. The summed E-state index contributed by atoms with van der Waals surface area (Å²) in [5.74, 6) is -0.285. The maximum Gasteiger partial charge on any atom is 0.329 e. The number of aromatic nitrogens is 2. The number of hydrogen-bond donors (Lipinski definition) is 1. The summed E-state index contributed by atoms with van der Waals surface area (Å²) in [6.45, 7) is 1.36. The van der Waals surface area contributed by atoms with Gasteiger partial charge in [-0.1, -0.05) is 82.7 Å². The Morgan fingerprint density at radius 2 is 1.59 bits per heavy atom. The Kier molecular flexibility index (Phi) is 6.30. The Morgan fingerprint density at radius 3 is 2.21 bits per heavy atom. The Bertz CT molecular complexity index is 1390. The van der Waals surface area contributed by atoms with Gasteiger partial charge in [-0.2, -0.15) is 0 Å². The molecule has 1 aromatic heterocycles. The van der Waals surface area contributed by atoms with Crippen LogP contribution in [0.3, 0.4) is 0 Å². The molecule has 0 saturated carbocycles. The Hall–Kier alpha value is -3.29. The largest absolute Gasteiger partial charge is 0.329 e. The molecule has 3 aromatic carbocycles. The summed E-state index contributed by atoms with van der Waals surface area (Å²) in [4.78, 5) is 32.0. The number of hydrogen-bond acceptors (Lipinski definition) is 3. The Labute approximate surface area is 204 Å². The van der Waals surface area contributed by atoms with Crippen LogP contribution >= 0.6 is 15.9 Å². The van der Waals surface area contributed by atoms with E-state index in [1.54, 1.807) is 6.07 Å². The molecule has 0 radical (unpaired) electrons. The fourth-order valence-electron chi connectivity index (χ4n) is 4.60. The highest BCUT2D eigenvalue weighted by molar-refractivity contribution is 9.10. The van der Waals surface area contributed by atoms with Crippen LogP contribution in [0.25, 0.3) is 0 Å². The minimum atomic E-state index is -0.553. The molecule has 7 heteroatoms. The summed E-state index contributed by atoms with van der Waals surface area (Å²) in [6, 6.07) is 23.6. The standard InChI is InChI=1S/C27H23BrFN3O2/c28-21-12-11-20(23(29)15-21)16-31-14-13-24-22(17-31)26(33)32(27(34)30-24)25(18-7-3-1-4-8-18)19-9-5-2-6-10-19/h1-12,15,25H,13-14,16-17H2,(H,30,34). The second-order valence-corrected chi connectivity index (χ2v) is 9.40. The number of H-pyrrole nitrogens is 1. The number of aromatic amines is 1. The summed E-state index contributed by atoms with van der Waals surface area (Å²) in [7, 11) is 0. The van der Waals surface area contributed by atoms with Crippen LogP contribution < -0.4 is 11.2 Å². The second-order valence-electron chi connectivity index (χ2n) is 8.48. The molecule has 0 saturated heterocycles. The first-order valence-electron chi connectivity index (χ1n) is 11.1. The van der Waals surface area contributed by atoms with Crippen molar-refractivity contribution in [1.82, 2.24) is 14.5 Å². The normalized spacial score (nSPS) is 13.7. The van der Waals surface area contributed by atoms with E-state index >= 15 is 0 Å². The van der Waals surface area contributed by atoms with Gasteiger partial charge in [0, 0.05) is 41.8 Å². The maximum absolute atomic E-state index is 14.4. The van der Waals surface area contributed by atoms with Gasteiger partial charge >= 0.3 is 5.69 Å². The number of nitrogens with one attached hydrogen (secondary N) is 1. The third-order valence-electron chi connectivity index (χ3n) is 6.28. The molecule has 0 unspecified atom stereocenters. The van der Waals surface area contributed by atoms with Crippen LogP contribution in [0.5, 0.6) is 0 Å². The van der Waals surface area contributed by atoms with Crippen LogP contribution in [0.15, 0.2) is 92.9 Å². The molecule has 0 amide bonds. The van der Waals surface area contributed by atoms with Gasteiger partial charge in [0.2, 0.25) is 0 Å². The van der Waals surface area contributed by atoms with Crippen molar-refractivity contribution in [1.29, 1.82) is 0 Å². The van der Waals surface area contributed by atoms with E-state index in [-0.39, 0.29) is 11.4 Å². The molecule has 5 nitrogen and oxygen atoms in total. The highest BCUT2D eigenvalue weighted by atomic mass is 79.9. The smallest absolute Gasteiger partial charge is 0.311 e. The molecule has 1 aliphatic rings. The lowest BCUT2D eigenvalue weighted by Crippen LogP contribution is -2.45. The highest BCUT2D eigenvalue weighted by Gasteiger charge is 2.27. The van der Waals surface area contributed by atoms with E-state index in [1.807, 2.05) is 71.6 Å². The van der Waals surface area contributed by atoms with Gasteiger partial charge in [0.05, 0.1) is 11.6 Å². The minimum Gasteiger partial charge on any atom is -0.311 e. The zero-order valence-electron chi connectivity index (χ0n) is 18.4. The third-order valence-corrected chi connectivity index (χ3v) is 6.77. The zero-order chi connectivity index (χ0) is 23.7. The molecule has 0 bridgehead atoms. The molecular formula is C27H23BrFN3O2. The maximum atomic E-state index is 14.4. The topological polar surface area (TPSA) is 58.1 Å². The molecule has 0 spiro atoms. The van der Waals surface area contributed by atoms with Gasteiger partial charge in [-0.15, -0.1) is 0 Å². The van der Waals surface area contributed by atoms with E-state index in [4.69, 9.17) is 0 Å². The molecule has 0 atom stereocenters. The van der Waals surface area contributed by atoms with Crippen LogP contribution in [0.2, 0.25) is 0 Å². The summed E-state index contributed by atoms with van der Waals surface area (Å²) >= 11 is 3.29. The van der Waals surface area contributed by atoms with Gasteiger partial charge in [0.15, 0.2) is 0 Å². The number of benzene rings is 3. The molecule has 34 heavy (non-hydrogen) atoms. The lowest BCUT2D eigenvalue weighted by atomic mass is 9.97. The van der Waals surface area contributed by atoms with Gasteiger partial charge < -0.3 is 4.98 Å². The lowest BCUT2D eigenvalue weighted by Gasteiger charge is -2.29. The SMILES string of the molecule is O=c1[nH]c2c(c(=O)n1C(c1ccccc1)c1ccccc1)CN(Cc1ccc(Br)cc1F)CC2. The number of fused-ring (bicyclic) bond motifs is 1. The third kappa shape index (κ3) is 4.41. The Morgan fingerprint density at radius 1 is 0.941 bits per heavy atom. The van der Waals surface area contributed by atoms with Gasteiger partial charge in [0.25, 0.3) is 5.56 Å². The van der Waals surface area contributed by atoms with Gasteiger partial charge in [0.1, 0.15) is 5.82 Å². The van der Waals surface area contributed by atoms with Crippen molar-refractivity contribution in [3.8, 4) is 0 Å². The molecule has 5 rings (SSSR count). The summed E-state index contributed by atoms with van der Waals surface area (Å²) in [6.07, 6.45) is 0.528. The van der Waals surface area contributed by atoms with Crippen LogP contribution in [-0.2, 0) is 19.5 Å². The van der Waals surface area contributed by atoms with E-state index < -0.39 is 11.7 Å². The minimum absolute atomic E-state index is 0.285. The summed E-state index contributed by atoms with van der Waals surface area (Å²) in [5, 5.41) is 0. The molecule has 0 aliphatic carbocycles. The lowest BCUT2D eigenvalue weighted by molar-refractivity contribution is 0.236. The first-order chi connectivity index (χ1) is 16.5. The molecular weight excluding hydrogens is 497 g/mol. The molecule has 1 aliphatic heterocycles. The van der Waals surface area contributed by atoms with Crippen molar-refractivity contribution >= 4 is 15.9 Å². The van der Waals surface area contributed by atoms with Gasteiger partial charge in [-0.3, -0.25) is 9.69 Å². The fraction of sp³-hybridized carbons (Fsp3) is 0.185. The van der Waals surface area contributed by atoms with Crippen molar-refractivity contribution < 1.29 is 4.39 Å². The molecule has 0 fully saturated rings. The molecule has 2 heterocycles. The van der Waals surface area contributed by atoms with Crippen LogP contribution in [0, 0.1) is 5.82 Å². The van der Waals surface area contributed by atoms with Crippen molar-refractivity contribution in [2.75, 3.05) is 6.54 Å². The average molecular weight is 520 g/mol. The van der Waals surface area contributed by atoms with E-state index in [0.717, 1.165) is 11.1 Å². The van der Waals surface area contributed by atoms with E-state index in [1.165, 1.54) is 10.6 Å². The predicted molar refractivity (Wildman–Crippen MR) is 133 cm³/mol. The zero-order valence-corrected chi connectivity index (χ0v) is 20.0. The second kappa shape index (κ2) is 9.52. The fourth-order valence-corrected chi connectivity index (χ4v) is 4.94. The number of rotatable bonds is 5. The van der Waals surface area contributed by atoms with Crippen molar-refractivity contribution in [3.63, 3.8) is 0 Å². The monoisotopic (exact) mass is 519 g/mol. The van der Waals surface area contributed by atoms with Crippen LogP contribution in [0.4, 0.5) is 4.39 Å². The van der Waals surface area contributed by atoms with E-state index in [0.29, 0.717) is 47.3 Å². The Balaban J connectivity index is 1.56. The number of nitrogens with zero attached hydrogens (tertiary/aromatic N) is 2. The van der Waals surface area contributed by atoms with Crippen molar-refractivity contribution in [2.24, 2.45) is 0 Å². The van der Waals surface area contributed by atoms with Crippen molar-refractivity contribution in [2.45, 2.75) is 25.6 Å². The first kappa shape index (κ1) is 22.5. The summed E-state index contributed by atoms with van der Waals surface area (Å²) < 4.78 is 16.4. The summed E-state index contributed by atoms with van der Waals surface area (Å²) in [5.41, 5.74) is 2.77. The molecule has 172 valence electrons. The van der Waals surface area contributed by atoms with E-state index in [9.17, 15) is 14.0 Å². The van der Waals surface area contributed by atoms with Gasteiger partial charge in [-0.25, -0.2) is 13.8 Å². The predicted octanol–water partition coefficient (Wildman–Crippen LogP) is 4.63. The quantitative estimate of drug-likeness (QED) is 0.418. The van der Waals surface area contributed by atoms with Crippen LogP contribution in [-0.4, -0.2) is 21.0 Å². The van der Waals surface area contributed by atoms with Crippen LogP contribution in [0.1, 0.15) is 34.0 Å². The van der Waals surface area contributed by atoms with Crippen molar-refractivity contribution in [3.05, 3.63) is 138 Å².